The predicted molar refractivity (Wildman–Crippen MR) is 72.2 cm³/mol. The molecule has 1 aromatic carbocycles. The van der Waals surface area contributed by atoms with E-state index in [2.05, 4.69) is 5.32 Å². The lowest BCUT2D eigenvalue weighted by atomic mass is 9.97. The van der Waals surface area contributed by atoms with Crippen molar-refractivity contribution in [1.82, 2.24) is 0 Å². The molecule has 1 atom stereocenters. The first-order valence-electron chi connectivity index (χ1n) is 6.11. The Morgan fingerprint density at radius 3 is 2.68 bits per heavy atom. The number of non-ortho nitro benzene ring substituents is 1. The van der Waals surface area contributed by atoms with Crippen LogP contribution in [0, 0.1) is 22.0 Å². The maximum Gasteiger partial charge on any atom is 0.308 e. The number of nitrogens with one attached hydrogen (secondary N) is 1. The number of nitro groups is 1. The molecule has 6 heteroatoms. The highest BCUT2D eigenvalue weighted by Gasteiger charge is 2.18. The van der Waals surface area contributed by atoms with Gasteiger partial charge in [0.15, 0.2) is 0 Å². The molecule has 0 saturated carbocycles. The fourth-order valence-electron chi connectivity index (χ4n) is 1.81. The van der Waals surface area contributed by atoms with Gasteiger partial charge >= 0.3 is 5.97 Å². The third-order valence-corrected chi connectivity index (χ3v) is 2.71. The van der Waals surface area contributed by atoms with Crippen LogP contribution in [0.1, 0.15) is 20.3 Å². The van der Waals surface area contributed by atoms with Gasteiger partial charge in [-0.1, -0.05) is 19.9 Å². The van der Waals surface area contributed by atoms with E-state index in [-0.39, 0.29) is 18.2 Å². The molecular weight excluding hydrogens is 248 g/mol. The van der Waals surface area contributed by atoms with Crippen molar-refractivity contribution in [3.63, 3.8) is 0 Å². The highest BCUT2D eigenvalue weighted by Crippen LogP contribution is 2.18. The number of hydrogen-bond donors (Lipinski definition) is 2. The standard InChI is InChI=1S/C13H18N2O4/c1-9(2)6-10(13(16)17)8-14-11-4-3-5-12(7-11)15(18)19/h3-5,7,9-10,14H,6,8H2,1-2H3,(H,16,17). The van der Waals surface area contributed by atoms with E-state index >= 15 is 0 Å². The van der Waals surface area contributed by atoms with E-state index in [0.29, 0.717) is 12.1 Å². The van der Waals surface area contributed by atoms with E-state index in [1.165, 1.54) is 12.1 Å². The third-order valence-electron chi connectivity index (χ3n) is 2.71. The Balaban J connectivity index is 2.66. The van der Waals surface area contributed by atoms with Gasteiger partial charge in [0.2, 0.25) is 0 Å². The van der Waals surface area contributed by atoms with Crippen molar-refractivity contribution in [2.75, 3.05) is 11.9 Å². The Bertz CT molecular complexity index is 460. The summed E-state index contributed by atoms with van der Waals surface area (Å²) in [5.41, 5.74) is 0.546. The molecule has 0 aromatic heterocycles. The van der Waals surface area contributed by atoms with E-state index in [1.807, 2.05) is 13.8 Å². The number of benzene rings is 1. The topological polar surface area (TPSA) is 92.5 Å². The van der Waals surface area contributed by atoms with Crippen molar-refractivity contribution < 1.29 is 14.8 Å². The molecule has 0 aliphatic heterocycles. The Hall–Kier alpha value is -2.11. The van der Waals surface area contributed by atoms with Crippen LogP contribution in [-0.2, 0) is 4.79 Å². The molecule has 0 radical (unpaired) electrons. The van der Waals surface area contributed by atoms with Crippen molar-refractivity contribution in [2.24, 2.45) is 11.8 Å². The van der Waals surface area contributed by atoms with Gasteiger partial charge in [0.1, 0.15) is 0 Å². The number of nitro benzene ring substituents is 1. The minimum Gasteiger partial charge on any atom is -0.481 e. The second-order valence-electron chi connectivity index (χ2n) is 4.85. The zero-order valence-corrected chi connectivity index (χ0v) is 11.0. The van der Waals surface area contributed by atoms with Gasteiger partial charge in [-0.2, -0.15) is 0 Å². The molecule has 0 amide bonds. The number of nitrogens with zero attached hydrogens (tertiary/aromatic N) is 1. The SMILES string of the molecule is CC(C)CC(CNc1cccc([N+](=O)[O-])c1)C(=O)O. The van der Waals surface area contributed by atoms with Crippen LogP contribution in [0.5, 0.6) is 0 Å². The van der Waals surface area contributed by atoms with E-state index < -0.39 is 16.8 Å². The van der Waals surface area contributed by atoms with Gasteiger partial charge < -0.3 is 10.4 Å². The van der Waals surface area contributed by atoms with Crippen molar-refractivity contribution in [3.8, 4) is 0 Å². The van der Waals surface area contributed by atoms with Crippen LogP contribution >= 0.6 is 0 Å². The normalized spacial score (nSPS) is 12.2. The Kier molecular flexibility index (Phi) is 5.29. The molecule has 19 heavy (non-hydrogen) atoms. The number of carbonyl (C=O) groups is 1. The zero-order valence-electron chi connectivity index (χ0n) is 11.0. The number of carboxylic acid groups (broad SMARTS) is 1. The lowest BCUT2D eigenvalue weighted by Crippen LogP contribution is -2.24. The number of carboxylic acids is 1. The monoisotopic (exact) mass is 266 g/mol. The average molecular weight is 266 g/mol. The molecule has 0 spiro atoms. The maximum atomic E-state index is 11.1. The number of anilines is 1. The fraction of sp³-hybridized carbons (Fsp3) is 0.462. The van der Waals surface area contributed by atoms with E-state index in [9.17, 15) is 14.9 Å². The average Bonchev–Trinajstić information content (AvgIpc) is 2.34. The number of hydrogen-bond acceptors (Lipinski definition) is 4. The molecule has 0 aliphatic carbocycles. The van der Waals surface area contributed by atoms with Crippen LogP contribution in [0.25, 0.3) is 0 Å². The van der Waals surface area contributed by atoms with E-state index in [1.54, 1.807) is 12.1 Å². The summed E-state index contributed by atoms with van der Waals surface area (Å²) in [6.45, 7) is 4.18. The summed E-state index contributed by atoms with van der Waals surface area (Å²) in [6, 6.07) is 6.04. The molecule has 0 aliphatic rings. The summed E-state index contributed by atoms with van der Waals surface area (Å²) in [6.07, 6.45) is 0.567. The van der Waals surface area contributed by atoms with Crippen LogP contribution in [0.4, 0.5) is 11.4 Å². The van der Waals surface area contributed by atoms with E-state index in [0.717, 1.165) is 0 Å². The molecule has 6 nitrogen and oxygen atoms in total. The molecule has 0 saturated heterocycles. The summed E-state index contributed by atoms with van der Waals surface area (Å²) in [4.78, 5) is 21.2. The summed E-state index contributed by atoms with van der Waals surface area (Å²) >= 11 is 0. The third kappa shape index (κ3) is 4.95. The van der Waals surface area contributed by atoms with Crippen molar-refractivity contribution in [3.05, 3.63) is 34.4 Å². The highest BCUT2D eigenvalue weighted by molar-refractivity contribution is 5.71. The predicted octanol–water partition coefficient (Wildman–Crippen LogP) is 2.75. The molecule has 0 heterocycles. The van der Waals surface area contributed by atoms with Crippen molar-refractivity contribution in [2.45, 2.75) is 20.3 Å². The maximum absolute atomic E-state index is 11.1. The van der Waals surface area contributed by atoms with Crippen molar-refractivity contribution in [1.29, 1.82) is 0 Å². The van der Waals surface area contributed by atoms with Crippen LogP contribution in [-0.4, -0.2) is 22.5 Å². The Morgan fingerprint density at radius 1 is 1.47 bits per heavy atom. The van der Waals surface area contributed by atoms with E-state index in [4.69, 9.17) is 5.11 Å². The largest absolute Gasteiger partial charge is 0.481 e. The molecule has 104 valence electrons. The Labute approximate surface area is 111 Å². The smallest absolute Gasteiger partial charge is 0.308 e. The lowest BCUT2D eigenvalue weighted by molar-refractivity contribution is -0.384. The number of aliphatic carboxylic acids is 1. The van der Waals surface area contributed by atoms with Gasteiger partial charge in [0.25, 0.3) is 5.69 Å². The fourth-order valence-corrected chi connectivity index (χ4v) is 1.81. The molecule has 0 bridgehead atoms. The van der Waals surface area contributed by atoms with Crippen molar-refractivity contribution >= 4 is 17.3 Å². The van der Waals surface area contributed by atoms with Gasteiger partial charge in [-0.05, 0) is 18.4 Å². The highest BCUT2D eigenvalue weighted by atomic mass is 16.6. The molecule has 0 fully saturated rings. The van der Waals surface area contributed by atoms with Gasteiger partial charge in [0.05, 0.1) is 10.8 Å². The number of rotatable bonds is 7. The van der Waals surface area contributed by atoms with Crippen LogP contribution in [0.15, 0.2) is 24.3 Å². The van der Waals surface area contributed by atoms with Gasteiger partial charge in [-0.25, -0.2) is 0 Å². The summed E-state index contributed by atoms with van der Waals surface area (Å²) in [5.74, 6) is -1.07. The summed E-state index contributed by atoms with van der Waals surface area (Å²) in [5, 5.41) is 22.7. The molecule has 1 rings (SSSR count). The second kappa shape index (κ2) is 6.72. The minimum atomic E-state index is -0.855. The minimum absolute atomic E-state index is 0.0132. The lowest BCUT2D eigenvalue weighted by Gasteiger charge is -2.16. The first-order valence-corrected chi connectivity index (χ1v) is 6.11. The van der Waals surface area contributed by atoms with Gasteiger partial charge in [0, 0.05) is 24.4 Å². The molecule has 1 unspecified atom stereocenters. The first kappa shape index (κ1) is 14.9. The summed E-state index contributed by atoms with van der Waals surface area (Å²) in [7, 11) is 0. The van der Waals surface area contributed by atoms with Crippen LogP contribution in [0.2, 0.25) is 0 Å². The Morgan fingerprint density at radius 2 is 2.16 bits per heavy atom. The second-order valence-corrected chi connectivity index (χ2v) is 4.85. The van der Waals surface area contributed by atoms with Crippen LogP contribution in [0.3, 0.4) is 0 Å². The molecule has 2 N–H and O–H groups in total. The quantitative estimate of drug-likeness (QED) is 0.584. The molecule has 1 aromatic rings. The molecular formula is C13H18N2O4. The van der Waals surface area contributed by atoms with Gasteiger partial charge in [-0.3, -0.25) is 14.9 Å². The zero-order chi connectivity index (χ0) is 14.4. The summed E-state index contributed by atoms with van der Waals surface area (Å²) < 4.78 is 0. The van der Waals surface area contributed by atoms with Crippen LogP contribution < -0.4 is 5.32 Å². The first-order chi connectivity index (χ1) is 8.90. The van der Waals surface area contributed by atoms with Gasteiger partial charge in [-0.15, -0.1) is 0 Å².